The lowest BCUT2D eigenvalue weighted by molar-refractivity contribution is 0.144. The van der Waals surface area contributed by atoms with Crippen LogP contribution in [0.3, 0.4) is 0 Å². The number of hydrogen-bond acceptors (Lipinski definition) is 4. The van der Waals surface area contributed by atoms with E-state index < -0.39 is 12.1 Å². The lowest BCUT2D eigenvalue weighted by Gasteiger charge is -2.11. The molecule has 0 amide bonds. The third kappa shape index (κ3) is 14.5. The van der Waals surface area contributed by atoms with Gasteiger partial charge in [0.25, 0.3) is 0 Å². The first kappa shape index (κ1) is 21.6. The van der Waals surface area contributed by atoms with Crippen LogP contribution in [-0.2, 0) is 0 Å². The molecule has 6 N–H and O–H groups in total. The van der Waals surface area contributed by atoms with Crippen molar-refractivity contribution in [2.24, 2.45) is 11.5 Å². The van der Waals surface area contributed by atoms with E-state index in [1.807, 2.05) is 6.08 Å². The highest BCUT2D eigenvalue weighted by atomic mass is 16.3. The van der Waals surface area contributed by atoms with E-state index in [-0.39, 0.29) is 6.61 Å². The van der Waals surface area contributed by atoms with Crippen molar-refractivity contribution in [1.29, 1.82) is 0 Å². The van der Waals surface area contributed by atoms with Crippen molar-refractivity contribution < 1.29 is 10.2 Å². The van der Waals surface area contributed by atoms with Gasteiger partial charge >= 0.3 is 0 Å². The summed E-state index contributed by atoms with van der Waals surface area (Å²) in [4.78, 5) is 0. The topological polar surface area (TPSA) is 92.5 Å². The summed E-state index contributed by atoms with van der Waals surface area (Å²) in [5.41, 5.74) is 11.0. The molecule has 0 saturated carbocycles. The summed E-state index contributed by atoms with van der Waals surface area (Å²) in [6, 6.07) is -0.563. The molecular formula is C18H38N2O2. The van der Waals surface area contributed by atoms with E-state index >= 15 is 0 Å². The van der Waals surface area contributed by atoms with Crippen LogP contribution in [-0.4, -0.2) is 35.5 Å². The third-order valence-electron chi connectivity index (χ3n) is 4.06. The number of allylic oxidation sites excluding steroid dienone is 1. The SMILES string of the molecule is NCCCCCCCCCCCCC/C=C/[C@@H](O)[C@@H](N)CO. The number of hydrogen-bond donors (Lipinski definition) is 4. The lowest BCUT2D eigenvalue weighted by Crippen LogP contribution is -2.36. The van der Waals surface area contributed by atoms with Gasteiger partial charge in [0.2, 0.25) is 0 Å². The third-order valence-corrected chi connectivity index (χ3v) is 4.06. The molecular weight excluding hydrogens is 276 g/mol. The first-order valence-electron chi connectivity index (χ1n) is 9.13. The Hall–Kier alpha value is -0.420. The molecule has 0 unspecified atom stereocenters. The van der Waals surface area contributed by atoms with Gasteiger partial charge in [-0.1, -0.05) is 69.9 Å². The summed E-state index contributed by atoms with van der Waals surface area (Å²) < 4.78 is 0. The summed E-state index contributed by atoms with van der Waals surface area (Å²) in [5, 5.41) is 18.3. The quantitative estimate of drug-likeness (QED) is 0.260. The van der Waals surface area contributed by atoms with Crippen LogP contribution < -0.4 is 11.5 Å². The Morgan fingerprint density at radius 3 is 1.68 bits per heavy atom. The van der Waals surface area contributed by atoms with Gasteiger partial charge in [0.15, 0.2) is 0 Å². The fraction of sp³-hybridized carbons (Fsp3) is 0.889. The Bertz CT molecular complexity index is 247. The summed E-state index contributed by atoms with van der Waals surface area (Å²) in [6.45, 7) is 0.654. The second kappa shape index (κ2) is 16.9. The van der Waals surface area contributed by atoms with Crippen LogP contribution in [0.4, 0.5) is 0 Å². The molecule has 0 aromatic heterocycles. The number of rotatable bonds is 16. The molecule has 22 heavy (non-hydrogen) atoms. The van der Waals surface area contributed by atoms with Crippen molar-refractivity contribution in [3.63, 3.8) is 0 Å². The van der Waals surface area contributed by atoms with Crippen molar-refractivity contribution in [2.45, 2.75) is 89.2 Å². The van der Waals surface area contributed by atoms with E-state index in [1.54, 1.807) is 6.08 Å². The Balaban J connectivity index is 3.19. The zero-order chi connectivity index (χ0) is 16.5. The van der Waals surface area contributed by atoms with Crippen LogP contribution in [0.2, 0.25) is 0 Å². The summed E-state index contributed by atoms with van der Waals surface area (Å²) in [7, 11) is 0. The summed E-state index contributed by atoms with van der Waals surface area (Å²) >= 11 is 0. The van der Waals surface area contributed by atoms with Crippen LogP contribution in [0.1, 0.15) is 77.0 Å². The predicted molar refractivity (Wildman–Crippen MR) is 94.7 cm³/mol. The van der Waals surface area contributed by atoms with Gasteiger partial charge in [0, 0.05) is 0 Å². The minimum Gasteiger partial charge on any atom is -0.395 e. The Labute approximate surface area is 137 Å². The van der Waals surface area contributed by atoms with Gasteiger partial charge in [-0.25, -0.2) is 0 Å². The predicted octanol–water partition coefficient (Wildman–Crippen LogP) is 2.86. The normalized spacial score (nSPS) is 14.5. The highest BCUT2D eigenvalue weighted by Gasteiger charge is 2.08. The number of unbranched alkanes of at least 4 members (excludes halogenated alkanes) is 11. The Morgan fingerprint density at radius 1 is 0.773 bits per heavy atom. The molecule has 0 fully saturated rings. The smallest absolute Gasteiger partial charge is 0.0894 e. The highest BCUT2D eigenvalue weighted by molar-refractivity contribution is 4.93. The van der Waals surface area contributed by atoms with E-state index in [2.05, 4.69) is 0 Å². The van der Waals surface area contributed by atoms with Gasteiger partial charge in [-0.15, -0.1) is 0 Å². The highest BCUT2D eigenvalue weighted by Crippen LogP contribution is 2.12. The molecule has 132 valence electrons. The minimum absolute atomic E-state index is 0.182. The average Bonchev–Trinajstić information content (AvgIpc) is 2.54. The van der Waals surface area contributed by atoms with Gasteiger partial charge in [-0.3, -0.25) is 0 Å². The molecule has 2 atom stereocenters. The maximum absolute atomic E-state index is 9.53. The zero-order valence-corrected chi connectivity index (χ0v) is 14.3. The van der Waals surface area contributed by atoms with Gasteiger partial charge < -0.3 is 21.7 Å². The molecule has 4 heteroatoms. The van der Waals surface area contributed by atoms with Crippen molar-refractivity contribution >= 4 is 0 Å². The molecule has 0 aliphatic carbocycles. The first-order valence-corrected chi connectivity index (χ1v) is 9.13. The summed E-state index contributed by atoms with van der Waals surface area (Å²) in [5.74, 6) is 0. The maximum atomic E-state index is 9.53. The lowest BCUT2D eigenvalue weighted by atomic mass is 10.0. The van der Waals surface area contributed by atoms with Crippen LogP contribution in [0.15, 0.2) is 12.2 Å². The van der Waals surface area contributed by atoms with E-state index in [0.717, 1.165) is 19.4 Å². The fourth-order valence-corrected chi connectivity index (χ4v) is 2.48. The number of nitrogens with two attached hydrogens (primary N) is 2. The van der Waals surface area contributed by atoms with E-state index in [9.17, 15) is 5.11 Å². The van der Waals surface area contributed by atoms with Crippen molar-refractivity contribution in [3.05, 3.63) is 12.2 Å². The van der Waals surface area contributed by atoms with Crippen LogP contribution in [0.5, 0.6) is 0 Å². The second-order valence-electron chi connectivity index (χ2n) is 6.23. The zero-order valence-electron chi connectivity index (χ0n) is 14.3. The monoisotopic (exact) mass is 314 g/mol. The Morgan fingerprint density at radius 2 is 1.23 bits per heavy atom. The molecule has 0 saturated heterocycles. The average molecular weight is 315 g/mol. The standard InChI is InChI=1S/C18H38N2O2/c19-15-13-11-9-7-5-3-1-2-4-6-8-10-12-14-18(22)17(20)16-21/h12,14,17-18,21-22H,1-11,13,15-16,19-20H2/b14-12+/t17-,18+/m0/s1. The Kier molecular flexibility index (Phi) is 16.6. The van der Waals surface area contributed by atoms with Crippen LogP contribution in [0, 0.1) is 0 Å². The molecule has 0 spiro atoms. The second-order valence-corrected chi connectivity index (χ2v) is 6.23. The molecule has 4 nitrogen and oxygen atoms in total. The molecule has 0 bridgehead atoms. The molecule has 0 radical (unpaired) electrons. The van der Waals surface area contributed by atoms with E-state index in [0.29, 0.717) is 0 Å². The van der Waals surface area contributed by atoms with E-state index in [1.165, 1.54) is 64.2 Å². The molecule has 0 rings (SSSR count). The molecule has 0 aromatic carbocycles. The molecule has 0 heterocycles. The van der Waals surface area contributed by atoms with Crippen molar-refractivity contribution in [3.8, 4) is 0 Å². The van der Waals surface area contributed by atoms with Crippen LogP contribution in [0.25, 0.3) is 0 Å². The summed E-state index contributed by atoms with van der Waals surface area (Å²) in [6.07, 6.45) is 18.3. The van der Waals surface area contributed by atoms with E-state index in [4.69, 9.17) is 16.6 Å². The van der Waals surface area contributed by atoms with Crippen molar-refractivity contribution in [1.82, 2.24) is 0 Å². The number of aliphatic hydroxyl groups is 2. The van der Waals surface area contributed by atoms with Gasteiger partial charge in [0.1, 0.15) is 0 Å². The van der Waals surface area contributed by atoms with Gasteiger partial charge in [-0.2, -0.15) is 0 Å². The van der Waals surface area contributed by atoms with Crippen molar-refractivity contribution in [2.75, 3.05) is 13.2 Å². The van der Waals surface area contributed by atoms with Gasteiger partial charge in [-0.05, 0) is 25.8 Å². The first-order chi connectivity index (χ1) is 10.7. The van der Waals surface area contributed by atoms with Gasteiger partial charge in [0.05, 0.1) is 18.8 Å². The fourth-order valence-electron chi connectivity index (χ4n) is 2.48. The maximum Gasteiger partial charge on any atom is 0.0894 e. The largest absolute Gasteiger partial charge is 0.395 e. The number of aliphatic hydroxyl groups excluding tert-OH is 2. The molecule has 0 aliphatic heterocycles. The van der Waals surface area contributed by atoms with Crippen LogP contribution >= 0.6 is 0 Å². The molecule has 0 aliphatic rings. The molecule has 0 aromatic rings. The minimum atomic E-state index is -0.727.